The van der Waals surface area contributed by atoms with E-state index in [1.165, 1.54) is 5.56 Å². The molecule has 4 heteroatoms. The molecule has 0 saturated heterocycles. The van der Waals surface area contributed by atoms with E-state index in [1.54, 1.807) is 0 Å². The van der Waals surface area contributed by atoms with Crippen LogP contribution >= 0.6 is 23.2 Å². The van der Waals surface area contributed by atoms with Gasteiger partial charge in [0.25, 0.3) is 0 Å². The number of nitrogens with one attached hydrogen (secondary N) is 1. The third-order valence-corrected chi connectivity index (χ3v) is 3.74. The molecule has 1 atom stereocenters. The van der Waals surface area contributed by atoms with Crippen LogP contribution in [0.25, 0.3) is 0 Å². The van der Waals surface area contributed by atoms with Crippen molar-refractivity contribution >= 4 is 23.2 Å². The first-order valence-electron chi connectivity index (χ1n) is 6.92. The molecule has 0 amide bonds. The van der Waals surface area contributed by atoms with Crippen LogP contribution in [0, 0.1) is 0 Å². The fourth-order valence-corrected chi connectivity index (χ4v) is 2.41. The second-order valence-electron chi connectivity index (χ2n) is 4.55. The fourth-order valence-electron chi connectivity index (χ4n) is 2.09. The van der Waals surface area contributed by atoms with Crippen LogP contribution in [0.4, 0.5) is 0 Å². The second kappa shape index (κ2) is 9.60. The van der Waals surface area contributed by atoms with Crippen LogP contribution in [-0.2, 0) is 11.2 Å². The molecule has 0 aliphatic rings. The molecule has 19 heavy (non-hydrogen) atoms. The van der Waals surface area contributed by atoms with Gasteiger partial charge in [-0.25, -0.2) is 0 Å². The molecule has 1 aromatic rings. The van der Waals surface area contributed by atoms with Crippen molar-refractivity contribution in [2.24, 2.45) is 0 Å². The van der Waals surface area contributed by atoms with E-state index >= 15 is 0 Å². The summed E-state index contributed by atoms with van der Waals surface area (Å²) >= 11 is 12.0. The van der Waals surface area contributed by atoms with Crippen molar-refractivity contribution in [3.63, 3.8) is 0 Å². The van der Waals surface area contributed by atoms with E-state index in [4.69, 9.17) is 27.9 Å². The van der Waals surface area contributed by atoms with Crippen LogP contribution in [0.2, 0.25) is 10.0 Å². The van der Waals surface area contributed by atoms with Gasteiger partial charge in [-0.15, -0.1) is 0 Å². The lowest BCUT2D eigenvalue weighted by molar-refractivity contribution is 0.141. The zero-order chi connectivity index (χ0) is 14.1. The maximum atomic E-state index is 6.05. The minimum absolute atomic E-state index is 0.461. The Morgan fingerprint density at radius 2 is 2.00 bits per heavy atom. The molecule has 0 bridgehead atoms. The lowest BCUT2D eigenvalue weighted by Gasteiger charge is -2.18. The van der Waals surface area contributed by atoms with Crippen molar-refractivity contribution in [2.45, 2.75) is 39.2 Å². The highest BCUT2D eigenvalue weighted by molar-refractivity contribution is 6.42. The molecule has 0 radical (unpaired) electrons. The summed E-state index contributed by atoms with van der Waals surface area (Å²) in [6.07, 6.45) is 3.15. The molecule has 1 unspecified atom stereocenters. The highest BCUT2D eigenvalue weighted by Crippen LogP contribution is 2.23. The van der Waals surface area contributed by atoms with Crippen molar-refractivity contribution in [3.8, 4) is 0 Å². The minimum atomic E-state index is 0.461. The van der Waals surface area contributed by atoms with E-state index < -0.39 is 0 Å². The summed E-state index contributed by atoms with van der Waals surface area (Å²) < 4.78 is 5.38. The molecular weight excluding hydrogens is 281 g/mol. The SMILES string of the molecule is CCNC(CCCOCC)Cc1ccc(Cl)c(Cl)c1. The Hall–Kier alpha value is -0.280. The zero-order valence-electron chi connectivity index (χ0n) is 11.7. The fraction of sp³-hybridized carbons (Fsp3) is 0.600. The van der Waals surface area contributed by atoms with Crippen molar-refractivity contribution in [2.75, 3.05) is 19.8 Å². The van der Waals surface area contributed by atoms with Crippen LogP contribution < -0.4 is 5.32 Å². The van der Waals surface area contributed by atoms with Crippen molar-refractivity contribution in [1.29, 1.82) is 0 Å². The van der Waals surface area contributed by atoms with Crippen molar-refractivity contribution in [1.82, 2.24) is 5.32 Å². The van der Waals surface area contributed by atoms with Crippen molar-refractivity contribution < 1.29 is 4.74 Å². The Labute approximate surface area is 126 Å². The van der Waals surface area contributed by atoms with Crippen molar-refractivity contribution in [3.05, 3.63) is 33.8 Å². The minimum Gasteiger partial charge on any atom is -0.382 e. The topological polar surface area (TPSA) is 21.3 Å². The summed E-state index contributed by atoms with van der Waals surface area (Å²) in [6.45, 7) is 6.75. The standard InChI is InChI=1S/C15H23Cl2NO/c1-3-18-13(6-5-9-19-4-2)10-12-7-8-14(16)15(17)11-12/h7-8,11,13,18H,3-6,9-10H2,1-2H3. The van der Waals surface area contributed by atoms with Gasteiger partial charge < -0.3 is 10.1 Å². The highest BCUT2D eigenvalue weighted by Gasteiger charge is 2.09. The van der Waals surface area contributed by atoms with Gasteiger partial charge in [-0.3, -0.25) is 0 Å². The number of hydrogen-bond acceptors (Lipinski definition) is 2. The molecule has 2 nitrogen and oxygen atoms in total. The summed E-state index contributed by atoms with van der Waals surface area (Å²) in [4.78, 5) is 0. The average molecular weight is 304 g/mol. The Balaban J connectivity index is 2.49. The Kier molecular flexibility index (Phi) is 8.47. The molecule has 0 saturated carbocycles. The number of benzene rings is 1. The molecule has 1 aromatic carbocycles. The molecule has 0 fully saturated rings. The van der Waals surface area contributed by atoms with Gasteiger partial charge in [-0.1, -0.05) is 36.2 Å². The number of hydrogen-bond donors (Lipinski definition) is 1. The Morgan fingerprint density at radius 1 is 1.21 bits per heavy atom. The highest BCUT2D eigenvalue weighted by atomic mass is 35.5. The lowest BCUT2D eigenvalue weighted by atomic mass is 10.0. The summed E-state index contributed by atoms with van der Waals surface area (Å²) in [6, 6.07) is 6.32. The molecule has 1 rings (SSSR count). The zero-order valence-corrected chi connectivity index (χ0v) is 13.2. The first-order chi connectivity index (χ1) is 9.17. The van der Waals surface area contributed by atoms with E-state index in [9.17, 15) is 0 Å². The van der Waals surface area contributed by atoms with Gasteiger partial charge in [-0.05, 0) is 50.4 Å². The van der Waals surface area contributed by atoms with Gasteiger partial charge in [0.1, 0.15) is 0 Å². The quantitative estimate of drug-likeness (QED) is 0.686. The first-order valence-corrected chi connectivity index (χ1v) is 7.68. The average Bonchev–Trinajstić information content (AvgIpc) is 2.39. The molecular formula is C15H23Cl2NO. The summed E-state index contributed by atoms with van der Waals surface area (Å²) in [5.41, 5.74) is 1.22. The summed E-state index contributed by atoms with van der Waals surface area (Å²) in [5.74, 6) is 0. The number of halogens is 2. The van der Waals surface area contributed by atoms with Gasteiger partial charge in [0, 0.05) is 19.3 Å². The predicted molar refractivity (Wildman–Crippen MR) is 83.4 cm³/mol. The third kappa shape index (κ3) is 6.62. The summed E-state index contributed by atoms with van der Waals surface area (Å²) in [5, 5.41) is 4.75. The van der Waals surface area contributed by atoms with E-state index in [1.807, 2.05) is 25.1 Å². The maximum absolute atomic E-state index is 6.05. The number of ether oxygens (including phenoxy) is 1. The number of likely N-dealkylation sites (N-methyl/N-ethyl adjacent to an activating group) is 1. The smallest absolute Gasteiger partial charge is 0.0595 e. The molecule has 0 aliphatic carbocycles. The van der Waals surface area contributed by atoms with Crippen LogP contribution in [0.15, 0.2) is 18.2 Å². The van der Waals surface area contributed by atoms with Gasteiger partial charge in [-0.2, -0.15) is 0 Å². The van der Waals surface area contributed by atoms with Gasteiger partial charge in [0.2, 0.25) is 0 Å². The first kappa shape index (κ1) is 16.8. The molecule has 0 aromatic heterocycles. The van der Waals surface area contributed by atoms with Crippen LogP contribution in [0.3, 0.4) is 0 Å². The van der Waals surface area contributed by atoms with E-state index in [0.717, 1.165) is 39.0 Å². The molecule has 0 heterocycles. The summed E-state index contributed by atoms with van der Waals surface area (Å²) in [7, 11) is 0. The maximum Gasteiger partial charge on any atom is 0.0595 e. The molecule has 0 aliphatic heterocycles. The molecule has 0 spiro atoms. The number of rotatable bonds is 9. The predicted octanol–water partition coefficient (Wildman–Crippen LogP) is 4.33. The Morgan fingerprint density at radius 3 is 2.63 bits per heavy atom. The van der Waals surface area contributed by atoms with E-state index in [0.29, 0.717) is 16.1 Å². The lowest BCUT2D eigenvalue weighted by Crippen LogP contribution is -2.31. The second-order valence-corrected chi connectivity index (χ2v) is 5.36. The molecule has 1 N–H and O–H groups in total. The Bertz CT molecular complexity index is 371. The van der Waals surface area contributed by atoms with E-state index in [-0.39, 0.29) is 0 Å². The van der Waals surface area contributed by atoms with Gasteiger partial charge >= 0.3 is 0 Å². The van der Waals surface area contributed by atoms with E-state index in [2.05, 4.69) is 12.2 Å². The van der Waals surface area contributed by atoms with Gasteiger partial charge in [0.05, 0.1) is 10.0 Å². The van der Waals surface area contributed by atoms with Crippen LogP contribution in [-0.4, -0.2) is 25.8 Å². The van der Waals surface area contributed by atoms with Crippen LogP contribution in [0.5, 0.6) is 0 Å². The normalized spacial score (nSPS) is 12.6. The largest absolute Gasteiger partial charge is 0.382 e. The van der Waals surface area contributed by atoms with Gasteiger partial charge in [0.15, 0.2) is 0 Å². The monoisotopic (exact) mass is 303 g/mol. The molecule has 108 valence electrons. The van der Waals surface area contributed by atoms with Crippen LogP contribution in [0.1, 0.15) is 32.3 Å². The third-order valence-electron chi connectivity index (χ3n) is 3.00.